The van der Waals surface area contributed by atoms with E-state index in [1.807, 2.05) is 48.5 Å². The summed E-state index contributed by atoms with van der Waals surface area (Å²) in [7, 11) is 1.76. The first-order valence-corrected chi connectivity index (χ1v) is 24.0. The molecular weight excluding hydrogens is 898 g/mol. The Balaban J connectivity index is 0.749. The number of nitrogens with one attached hydrogen (secondary N) is 1. The van der Waals surface area contributed by atoms with Crippen LogP contribution in [0.4, 0.5) is 0 Å². The van der Waals surface area contributed by atoms with Crippen molar-refractivity contribution >= 4 is 64.0 Å². The molecular formula is C51H58ClN3O11S. The van der Waals surface area contributed by atoms with E-state index in [2.05, 4.69) is 41.7 Å². The summed E-state index contributed by atoms with van der Waals surface area (Å²) in [5.41, 5.74) is 6.18. The van der Waals surface area contributed by atoms with Gasteiger partial charge in [-0.05, 0) is 64.9 Å². The van der Waals surface area contributed by atoms with Gasteiger partial charge in [-0.3, -0.25) is 34.2 Å². The van der Waals surface area contributed by atoms with Crippen LogP contribution >= 0.6 is 23.4 Å². The predicted molar refractivity (Wildman–Crippen MR) is 256 cm³/mol. The van der Waals surface area contributed by atoms with Gasteiger partial charge in [0.25, 0.3) is 11.8 Å². The maximum atomic E-state index is 13.2. The van der Waals surface area contributed by atoms with Crippen LogP contribution in [-0.4, -0.2) is 143 Å². The minimum Gasteiger partial charge on any atom is -0.492 e. The molecule has 1 atom stereocenters. The number of carbonyl (C=O) groups excluding carboxylic acids is 5. The first-order chi connectivity index (χ1) is 32.8. The van der Waals surface area contributed by atoms with Crippen LogP contribution in [-0.2, 0) is 38.1 Å². The van der Waals surface area contributed by atoms with Crippen molar-refractivity contribution in [2.24, 2.45) is 0 Å². The second-order valence-corrected chi connectivity index (χ2v) is 17.0. The fourth-order valence-electron chi connectivity index (χ4n) is 7.56. The van der Waals surface area contributed by atoms with Crippen molar-refractivity contribution in [3.8, 4) is 5.75 Å². The number of nitrogens with zero attached hydrogens (tertiary/aromatic N) is 2. The van der Waals surface area contributed by atoms with Gasteiger partial charge in [-0.15, -0.1) is 23.4 Å². The highest BCUT2D eigenvalue weighted by atomic mass is 35.5. The van der Waals surface area contributed by atoms with Crippen LogP contribution in [0.25, 0.3) is 11.1 Å². The topological polar surface area (TPSA) is 159 Å². The highest BCUT2D eigenvalue weighted by Gasteiger charge is 2.45. The van der Waals surface area contributed by atoms with Gasteiger partial charge < -0.3 is 33.3 Å². The average Bonchev–Trinajstić information content (AvgIpc) is 3.60. The Morgan fingerprint density at radius 3 is 1.87 bits per heavy atom. The molecule has 2 aliphatic heterocycles. The molecule has 0 spiro atoms. The van der Waals surface area contributed by atoms with E-state index >= 15 is 0 Å². The molecule has 0 aliphatic carbocycles. The number of ether oxygens (including phenoxy) is 6. The number of piperidine rings is 1. The number of hydrogen-bond donors (Lipinski definition) is 1. The molecule has 1 fully saturated rings. The number of thioether (sulfide) groups is 1. The number of benzene rings is 4. The van der Waals surface area contributed by atoms with Gasteiger partial charge in [0, 0.05) is 30.0 Å². The summed E-state index contributed by atoms with van der Waals surface area (Å²) in [4.78, 5) is 66.1. The van der Waals surface area contributed by atoms with Gasteiger partial charge >= 0.3 is 0 Å². The maximum absolute atomic E-state index is 13.2. The summed E-state index contributed by atoms with van der Waals surface area (Å²) in [6, 6.07) is 32.8. The van der Waals surface area contributed by atoms with Crippen LogP contribution < -0.4 is 10.1 Å². The summed E-state index contributed by atoms with van der Waals surface area (Å²) in [6.45, 7) is 4.63. The number of likely N-dealkylation sites (N-methyl/N-ethyl adjacent to an activating group) is 1. The van der Waals surface area contributed by atoms with Crippen LogP contribution in [0.3, 0.4) is 0 Å². The number of rotatable bonds is 29. The summed E-state index contributed by atoms with van der Waals surface area (Å²) in [5, 5.41) is 2.21. The van der Waals surface area contributed by atoms with Crippen molar-refractivity contribution in [3.63, 3.8) is 0 Å². The molecule has 2 aliphatic rings. The average molecular weight is 957 g/mol. The zero-order chi connectivity index (χ0) is 47.2. The normalized spacial score (nSPS) is 15.1. The van der Waals surface area contributed by atoms with Gasteiger partial charge in [-0.1, -0.05) is 78.9 Å². The number of hydrogen-bond acceptors (Lipinski definition) is 12. The lowest BCUT2D eigenvalue weighted by molar-refractivity contribution is -0.136. The van der Waals surface area contributed by atoms with Crippen LogP contribution in [0, 0.1) is 0 Å². The summed E-state index contributed by atoms with van der Waals surface area (Å²) < 4.78 is 34.0. The molecule has 67 heavy (non-hydrogen) atoms. The summed E-state index contributed by atoms with van der Waals surface area (Å²) in [6.07, 6.45) is 1.16. The van der Waals surface area contributed by atoms with Gasteiger partial charge in [0.2, 0.25) is 17.7 Å². The number of imide groups is 2. The van der Waals surface area contributed by atoms with Crippen molar-refractivity contribution in [2.75, 3.05) is 97.9 Å². The first kappa shape index (κ1) is 51.0. The summed E-state index contributed by atoms with van der Waals surface area (Å²) in [5.74, 6) is -0.362. The van der Waals surface area contributed by atoms with Crippen molar-refractivity contribution in [1.82, 2.24) is 15.1 Å². The van der Waals surface area contributed by atoms with Crippen LogP contribution in [0.2, 0.25) is 0 Å². The van der Waals surface area contributed by atoms with E-state index in [0.717, 1.165) is 39.3 Å². The molecule has 0 saturated carbocycles. The van der Waals surface area contributed by atoms with Gasteiger partial charge in [0.1, 0.15) is 18.4 Å². The molecule has 1 unspecified atom stereocenters. The van der Waals surface area contributed by atoms with E-state index < -0.39 is 29.7 Å². The van der Waals surface area contributed by atoms with Gasteiger partial charge in [-0.2, -0.15) is 0 Å². The number of allylic oxidation sites excluding steroid dienone is 1. The minimum absolute atomic E-state index is 0.0292. The molecule has 1 saturated heterocycles. The fraction of sp³-hybridized carbons (Fsp3) is 0.392. The second kappa shape index (κ2) is 27.4. The third-order valence-electron chi connectivity index (χ3n) is 11.0. The van der Waals surface area contributed by atoms with Crippen LogP contribution in [0.15, 0.2) is 108 Å². The second-order valence-electron chi connectivity index (χ2n) is 15.5. The highest BCUT2D eigenvalue weighted by molar-refractivity contribution is 7.99. The lowest BCUT2D eigenvalue weighted by atomic mass is 9.88. The zero-order valence-corrected chi connectivity index (χ0v) is 39.4. The number of halogens is 1. The number of fused-ring (bicyclic) bond motifs is 1. The fourth-order valence-corrected chi connectivity index (χ4v) is 8.68. The van der Waals surface area contributed by atoms with Gasteiger partial charge in [-0.25, -0.2) is 0 Å². The van der Waals surface area contributed by atoms with Crippen molar-refractivity contribution in [1.29, 1.82) is 0 Å². The quantitative estimate of drug-likeness (QED) is 0.0200. The molecule has 4 aromatic rings. The van der Waals surface area contributed by atoms with E-state index in [4.69, 9.17) is 40.0 Å². The Bertz CT molecular complexity index is 2280. The molecule has 2 heterocycles. The highest BCUT2D eigenvalue weighted by Crippen LogP contribution is 2.36. The minimum atomic E-state index is -1.00. The van der Waals surface area contributed by atoms with E-state index in [-0.39, 0.29) is 36.3 Å². The maximum Gasteiger partial charge on any atom is 0.263 e. The lowest BCUT2D eigenvalue weighted by Crippen LogP contribution is -2.54. The smallest absolute Gasteiger partial charge is 0.263 e. The molecule has 5 amide bonds. The third-order valence-corrected chi connectivity index (χ3v) is 12.2. The molecule has 356 valence electrons. The number of amides is 5. The van der Waals surface area contributed by atoms with Crippen molar-refractivity contribution in [2.45, 2.75) is 36.6 Å². The SMILES string of the molecule is CN(CCOc1ccc(C(=C(CCCl)c2ccccc2)c2ccccc2)cc1)C(=O)CCOCCOCCOCCOCCOCCSc1cccc2c1C(=O)N(C1CCC(=O)NC1=O)C2=O. The Morgan fingerprint density at radius 2 is 1.25 bits per heavy atom. The standard InChI is InChI=1S/C51H58ClN3O11S/c1-54(24-26-66-40-17-15-39(16-18-40)47(38-11-6-3-7-12-38)41(21-23-52)37-9-4-2-5-10-37)46(57)22-25-61-27-28-62-29-30-63-31-32-64-33-34-65-35-36-67-44-14-8-13-42-48(44)51(60)55(50(42)59)43-19-20-45(56)53-49(43)58/h2-18,43H,19-36H2,1H3,(H,53,56,58). The molecule has 4 aromatic carbocycles. The van der Waals surface area contributed by atoms with Crippen LogP contribution in [0.5, 0.6) is 5.75 Å². The van der Waals surface area contributed by atoms with E-state index in [1.165, 1.54) is 17.3 Å². The predicted octanol–water partition coefficient (Wildman–Crippen LogP) is 6.78. The molecule has 14 nitrogen and oxygen atoms in total. The van der Waals surface area contributed by atoms with E-state index in [9.17, 15) is 24.0 Å². The Morgan fingerprint density at radius 1 is 0.672 bits per heavy atom. The summed E-state index contributed by atoms with van der Waals surface area (Å²) >= 11 is 7.69. The monoisotopic (exact) mass is 955 g/mol. The largest absolute Gasteiger partial charge is 0.492 e. The van der Waals surface area contributed by atoms with Crippen molar-refractivity contribution in [3.05, 3.63) is 131 Å². The number of alkyl halides is 1. The van der Waals surface area contributed by atoms with Gasteiger partial charge in [0.15, 0.2) is 0 Å². The third kappa shape index (κ3) is 15.1. The number of carbonyl (C=O) groups is 5. The van der Waals surface area contributed by atoms with Crippen LogP contribution in [0.1, 0.15) is 63.1 Å². The molecule has 0 radical (unpaired) electrons. The molecule has 0 aromatic heterocycles. The van der Waals surface area contributed by atoms with E-state index in [0.29, 0.717) is 95.7 Å². The Kier molecular flexibility index (Phi) is 20.9. The van der Waals surface area contributed by atoms with E-state index in [1.54, 1.807) is 30.1 Å². The Hall–Kier alpha value is -5.39. The molecule has 6 rings (SSSR count). The first-order valence-electron chi connectivity index (χ1n) is 22.5. The molecule has 1 N–H and O–H groups in total. The molecule has 16 heteroatoms. The van der Waals surface area contributed by atoms with Gasteiger partial charge in [0.05, 0.1) is 90.2 Å². The lowest BCUT2D eigenvalue weighted by Gasteiger charge is -2.27. The Labute approximate surface area is 401 Å². The molecule has 0 bridgehead atoms. The zero-order valence-electron chi connectivity index (χ0n) is 37.8. The van der Waals surface area contributed by atoms with Crippen molar-refractivity contribution < 1.29 is 52.4 Å².